The lowest BCUT2D eigenvalue weighted by molar-refractivity contribution is -0.121. The Morgan fingerprint density at radius 2 is 2.10 bits per heavy atom. The molecule has 0 aromatic heterocycles. The highest BCUT2D eigenvalue weighted by Gasteiger charge is 2.06. The van der Waals surface area contributed by atoms with Crippen molar-refractivity contribution in [3.8, 4) is 5.75 Å². The van der Waals surface area contributed by atoms with Crippen molar-refractivity contribution in [3.05, 3.63) is 29.3 Å². The zero-order valence-electron chi connectivity index (χ0n) is 12.0. The Labute approximate surface area is 126 Å². The molecule has 0 heterocycles. The van der Waals surface area contributed by atoms with E-state index in [0.717, 1.165) is 16.9 Å². The summed E-state index contributed by atoms with van der Waals surface area (Å²) in [6.45, 7) is 3.83. The Balaban J connectivity index is 0.00000361. The molecule has 1 aromatic rings. The molecule has 5 nitrogen and oxygen atoms in total. The third-order valence-electron chi connectivity index (χ3n) is 2.62. The van der Waals surface area contributed by atoms with Crippen molar-refractivity contribution in [1.29, 1.82) is 0 Å². The molecule has 0 atom stereocenters. The van der Waals surface area contributed by atoms with E-state index in [1.807, 2.05) is 25.1 Å². The van der Waals surface area contributed by atoms with Gasteiger partial charge in [-0.3, -0.25) is 4.79 Å². The van der Waals surface area contributed by atoms with E-state index in [2.05, 4.69) is 5.32 Å². The van der Waals surface area contributed by atoms with Gasteiger partial charge in [-0.2, -0.15) is 0 Å². The summed E-state index contributed by atoms with van der Waals surface area (Å²) in [4.78, 5) is 11.4. The van der Waals surface area contributed by atoms with Gasteiger partial charge in [0.2, 0.25) is 5.91 Å². The second kappa shape index (κ2) is 10.5. The summed E-state index contributed by atoms with van der Waals surface area (Å²) in [7, 11) is 1.63. The van der Waals surface area contributed by atoms with E-state index >= 15 is 0 Å². The quantitative estimate of drug-likeness (QED) is 0.712. The van der Waals surface area contributed by atoms with Gasteiger partial charge in [-0.25, -0.2) is 0 Å². The Morgan fingerprint density at radius 1 is 1.35 bits per heavy atom. The number of amides is 1. The van der Waals surface area contributed by atoms with Crippen LogP contribution < -0.4 is 15.8 Å². The highest BCUT2D eigenvalue weighted by Crippen LogP contribution is 2.20. The Hall–Kier alpha value is -1.30. The van der Waals surface area contributed by atoms with Crippen LogP contribution in [-0.2, 0) is 16.1 Å². The molecule has 1 rings (SSSR count). The number of benzene rings is 1. The van der Waals surface area contributed by atoms with E-state index in [4.69, 9.17) is 15.2 Å². The van der Waals surface area contributed by atoms with Gasteiger partial charge in [0.25, 0.3) is 0 Å². The molecular weight excluding hydrogens is 280 g/mol. The third kappa shape index (κ3) is 6.75. The highest BCUT2D eigenvalue weighted by molar-refractivity contribution is 5.85. The summed E-state index contributed by atoms with van der Waals surface area (Å²) in [5.74, 6) is 0.732. The monoisotopic (exact) mass is 302 g/mol. The van der Waals surface area contributed by atoms with Crippen molar-refractivity contribution >= 4 is 18.3 Å². The average molecular weight is 303 g/mol. The lowest BCUT2D eigenvalue weighted by Gasteiger charge is -2.13. The van der Waals surface area contributed by atoms with Gasteiger partial charge in [-0.15, -0.1) is 12.4 Å². The normalized spacial score (nSPS) is 9.75. The van der Waals surface area contributed by atoms with E-state index in [0.29, 0.717) is 32.7 Å². The molecule has 20 heavy (non-hydrogen) atoms. The highest BCUT2D eigenvalue weighted by atomic mass is 35.5. The van der Waals surface area contributed by atoms with Crippen LogP contribution in [0, 0.1) is 6.92 Å². The summed E-state index contributed by atoms with van der Waals surface area (Å²) >= 11 is 0. The largest absolute Gasteiger partial charge is 0.491 e. The maximum absolute atomic E-state index is 11.4. The second-order valence-corrected chi connectivity index (χ2v) is 4.27. The van der Waals surface area contributed by atoms with E-state index in [1.54, 1.807) is 7.11 Å². The number of hydrogen-bond donors (Lipinski definition) is 2. The van der Waals surface area contributed by atoms with E-state index < -0.39 is 0 Å². The van der Waals surface area contributed by atoms with Crippen molar-refractivity contribution in [1.82, 2.24) is 5.32 Å². The summed E-state index contributed by atoms with van der Waals surface area (Å²) in [6, 6.07) is 5.91. The van der Waals surface area contributed by atoms with Crippen molar-refractivity contribution in [3.63, 3.8) is 0 Å². The first-order chi connectivity index (χ1) is 9.17. The van der Waals surface area contributed by atoms with Gasteiger partial charge >= 0.3 is 0 Å². The van der Waals surface area contributed by atoms with Crippen molar-refractivity contribution < 1.29 is 14.3 Å². The number of halogens is 1. The van der Waals surface area contributed by atoms with E-state index in [9.17, 15) is 4.79 Å². The van der Waals surface area contributed by atoms with Crippen molar-refractivity contribution in [2.24, 2.45) is 5.73 Å². The molecule has 0 saturated carbocycles. The molecule has 0 radical (unpaired) electrons. The number of ether oxygens (including phenoxy) is 2. The minimum absolute atomic E-state index is 0. The van der Waals surface area contributed by atoms with Gasteiger partial charge in [0.1, 0.15) is 12.4 Å². The summed E-state index contributed by atoms with van der Waals surface area (Å²) in [5.41, 5.74) is 7.40. The van der Waals surface area contributed by atoms with Gasteiger partial charge in [-0.1, -0.05) is 12.1 Å². The summed E-state index contributed by atoms with van der Waals surface area (Å²) in [6.07, 6.45) is 0.339. The van der Waals surface area contributed by atoms with Crippen LogP contribution in [0.25, 0.3) is 0 Å². The zero-order chi connectivity index (χ0) is 14.1. The molecule has 0 aliphatic carbocycles. The second-order valence-electron chi connectivity index (χ2n) is 4.27. The number of rotatable bonds is 8. The first kappa shape index (κ1) is 18.7. The van der Waals surface area contributed by atoms with Crippen LogP contribution in [0.1, 0.15) is 17.5 Å². The fourth-order valence-electron chi connectivity index (χ4n) is 1.59. The number of nitrogens with one attached hydrogen (secondary N) is 1. The Kier molecular flexibility index (Phi) is 9.80. The maximum Gasteiger partial charge on any atom is 0.221 e. The minimum Gasteiger partial charge on any atom is -0.491 e. The Morgan fingerprint density at radius 3 is 2.75 bits per heavy atom. The first-order valence-corrected chi connectivity index (χ1v) is 6.35. The molecule has 3 N–H and O–H groups in total. The smallest absolute Gasteiger partial charge is 0.221 e. The van der Waals surface area contributed by atoms with Crippen molar-refractivity contribution in [2.45, 2.75) is 19.9 Å². The van der Waals surface area contributed by atoms with Crippen LogP contribution in [0.2, 0.25) is 0 Å². The summed E-state index contributed by atoms with van der Waals surface area (Å²) < 4.78 is 10.6. The topological polar surface area (TPSA) is 73.6 Å². The van der Waals surface area contributed by atoms with Gasteiger partial charge < -0.3 is 20.5 Å². The van der Waals surface area contributed by atoms with Crippen LogP contribution >= 0.6 is 12.4 Å². The molecule has 0 aliphatic heterocycles. The Bertz CT molecular complexity index is 413. The number of hydrogen-bond acceptors (Lipinski definition) is 4. The number of methoxy groups -OCH3 is 1. The lowest BCUT2D eigenvalue weighted by atomic mass is 10.1. The predicted molar refractivity (Wildman–Crippen MR) is 81.3 cm³/mol. The van der Waals surface area contributed by atoms with Gasteiger partial charge in [0.15, 0.2) is 0 Å². The average Bonchev–Trinajstić information content (AvgIpc) is 2.38. The molecule has 6 heteroatoms. The lowest BCUT2D eigenvalue weighted by Crippen LogP contribution is -2.25. The standard InChI is InChI=1S/C14H22N2O3.ClH/c1-11-3-4-12(10-16-14(17)5-6-15)13(9-11)19-8-7-18-2;/h3-4,9H,5-8,10,15H2,1-2H3,(H,16,17);1H. The molecule has 114 valence electrons. The molecule has 0 saturated heterocycles. The molecule has 1 amide bonds. The van der Waals surface area contributed by atoms with Crippen molar-refractivity contribution in [2.75, 3.05) is 26.9 Å². The van der Waals surface area contributed by atoms with Crippen LogP contribution in [0.5, 0.6) is 5.75 Å². The van der Waals surface area contributed by atoms with Crippen LogP contribution in [-0.4, -0.2) is 32.8 Å². The molecule has 0 bridgehead atoms. The molecule has 0 fully saturated rings. The fourth-order valence-corrected chi connectivity index (χ4v) is 1.59. The van der Waals surface area contributed by atoms with E-state index in [-0.39, 0.29) is 18.3 Å². The first-order valence-electron chi connectivity index (χ1n) is 6.35. The van der Waals surface area contributed by atoms with Crippen LogP contribution in [0.4, 0.5) is 0 Å². The molecule has 0 unspecified atom stereocenters. The van der Waals surface area contributed by atoms with Crippen LogP contribution in [0.3, 0.4) is 0 Å². The van der Waals surface area contributed by atoms with E-state index in [1.165, 1.54) is 0 Å². The number of carbonyl (C=O) groups is 1. The summed E-state index contributed by atoms with van der Waals surface area (Å²) in [5, 5.41) is 2.82. The fraction of sp³-hybridized carbons (Fsp3) is 0.500. The molecule has 0 spiro atoms. The molecular formula is C14H23ClN2O3. The van der Waals surface area contributed by atoms with Gasteiger partial charge in [-0.05, 0) is 18.6 Å². The molecule has 1 aromatic carbocycles. The maximum atomic E-state index is 11.4. The molecule has 0 aliphatic rings. The number of aryl methyl sites for hydroxylation is 1. The third-order valence-corrected chi connectivity index (χ3v) is 2.62. The SMILES string of the molecule is COCCOc1cc(C)ccc1CNC(=O)CCN.Cl. The minimum atomic E-state index is -0.0501. The zero-order valence-corrected chi connectivity index (χ0v) is 12.8. The van der Waals surface area contributed by atoms with Gasteiger partial charge in [0.05, 0.1) is 6.61 Å². The van der Waals surface area contributed by atoms with Crippen LogP contribution in [0.15, 0.2) is 18.2 Å². The van der Waals surface area contributed by atoms with Gasteiger partial charge in [0, 0.05) is 32.2 Å². The predicted octanol–water partition coefficient (Wildman–Crippen LogP) is 1.41. The number of carbonyl (C=O) groups excluding carboxylic acids is 1. The number of nitrogens with two attached hydrogens (primary N) is 1.